The lowest BCUT2D eigenvalue weighted by Gasteiger charge is -2.13. The highest BCUT2D eigenvalue weighted by Crippen LogP contribution is 2.23. The summed E-state index contributed by atoms with van der Waals surface area (Å²) in [6, 6.07) is 3.82. The van der Waals surface area contributed by atoms with Crippen LogP contribution in [0.3, 0.4) is 0 Å². The summed E-state index contributed by atoms with van der Waals surface area (Å²) >= 11 is 5.66. The second-order valence-electron chi connectivity index (χ2n) is 4.04. The minimum Gasteiger partial charge on any atom is -0.489 e. The first kappa shape index (κ1) is 13.1. The molecule has 98 valence electrons. The van der Waals surface area contributed by atoms with Gasteiger partial charge in [0.25, 0.3) is 0 Å². The molecule has 2 rings (SSSR count). The first-order valence-corrected chi connectivity index (χ1v) is 5.91. The third-order valence-electron chi connectivity index (χ3n) is 2.77. The molecule has 2 atom stereocenters. The van der Waals surface area contributed by atoms with Crippen LogP contribution >= 0.6 is 11.6 Å². The second kappa shape index (κ2) is 5.54. The van der Waals surface area contributed by atoms with Crippen molar-refractivity contribution in [2.24, 2.45) is 0 Å². The van der Waals surface area contributed by atoms with E-state index in [1.165, 1.54) is 25.3 Å². The van der Waals surface area contributed by atoms with Crippen LogP contribution in [0.5, 0.6) is 5.75 Å². The van der Waals surface area contributed by atoms with Crippen LogP contribution in [0.15, 0.2) is 18.2 Å². The van der Waals surface area contributed by atoms with Gasteiger partial charge in [-0.05, 0) is 12.1 Å². The van der Waals surface area contributed by atoms with Crippen LogP contribution in [0.2, 0.25) is 5.02 Å². The molecule has 6 heteroatoms. The van der Waals surface area contributed by atoms with Gasteiger partial charge in [-0.1, -0.05) is 11.6 Å². The summed E-state index contributed by atoms with van der Waals surface area (Å²) in [4.78, 5) is 11.3. The molecule has 0 amide bonds. The molecule has 0 aliphatic carbocycles. The Kier molecular flexibility index (Phi) is 4.04. The highest BCUT2D eigenvalue weighted by molar-refractivity contribution is 6.30. The Morgan fingerprint density at radius 2 is 2.33 bits per heavy atom. The fourth-order valence-corrected chi connectivity index (χ4v) is 2.03. The topological polar surface area (TPSA) is 47.6 Å². The van der Waals surface area contributed by atoms with Crippen molar-refractivity contribution >= 4 is 17.6 Å². The average molecular weight is 274 g/mol. The lowest BCUT2D eigenvalue weighted by molar-refractivity contribution is -0.142. The van der Waals surface area contributed by atoms with Gasteiger partial charge in [0.15, 0.2) is 0 Å². The third kappa shape index (κ3) is 2.91. The molecule has 1 fully saturated rings. The monoisotopic (exact) mass is 273 g/mol. The third-order valence-corrected chi connectivity index (χ3v) is 3.06. The Bertz CT molecular complexity index is 455. The van der Waals surface area contributed by atoms with Gasteiger partial charge in [0.2, 0.25) is 0 Å². The Hall–Kier alpha value is -1.33. The molecule has 0 aromatic heterocycles. The number of ether oxygens (including phenoxy) is 2. The molecule has 1 saturated heterocycles. The molecule has 0 saturated carbocycles. The fourth-order valence-electron chi connectivity index (χ4n) is 1.86. The van der Waals surface area contributed by atoms with Crippen molar-refractivity contribution in [1.82, 2.24) is 5.32 Å². The van der Waals surface area contributed by atoms with Gasteiger partial charge in [0.1, 0.15) is 23.7 Å². The summed E-state index contributed by atoms with van der Waals surface area (Å²) in [5.74, 6) is -0.307. The van der Waals surface area contributed by atoms with Crippen molar-refractivity contribution in [3.8, 4) is 5.75 Å². The first-order valence-electron chi connectivity index (χ1n) is 5.53. The molecule has 18 heavy (non-hydrogen) atoms. The number of carbonyl (C=O) groups excluding carboxylic acids is 1. The van der Waals surface area contributed by atoms with Crippen LogP contribution in [-0.2, 0) is 9.53 Å². The van der Waals surface area contributed by atoms with E-state index in [9.17, 15) is 9.18 Å². The van der Waals surface area contributed by atoms with Gasteiger partial charge in [-0.3, -0.25) is 4.79 Å². The van der Waals surface area contributed by atoms with Gasteiger partial charge in [0.05, 0.1) is 12.1 Å². The maximum Gasteiger partial charge on any atom is 0.323 e. The van der Waals surface area contributed by atoms with Crippen molar-refractivity contribution in [1.29, 1.82) is 0 Å². The number of rotatable bonds is 3. The zero-order valence-corrected chi connectivity index (χ0v) is 10.5. The number of halogens is 2. The maximum atomic E-state index is 13.0. The molecular formula is C12H13ClFNO3. The van der Waals surface area contributed by atoms with Crippen molar-refractivity contribution < 1.29 is 18.7 Å². The molecule has 1 N–H and O–H groups in total. The van der Waals surface area contributed by atoms with Crippen molar-refractivity contribution in [3.63, 3.8) is 0 Å². The normalized spacial score (nSPS) is 22.8. The quantitative estimate of drug-likeness (QED) is 0.853. The molecule has 0 unspecified atom stereocenters. The Balaban J connectivity index is 1.95. The number of nitrogens with one attached hydrogen (secondary N) is 1. The molecule has 0 radical (unpaired) electrons. The van der Waals surface area contributed by atoms with Gasteiger partial charge in [0, 0.05) is 19.0 Å². The van der Waals surface area contributed by atoms with E-state index in [1.54, 1.807) is 0 Å². The number of benzene rings is 1. The predicted octanol–water partition coefficient (Wildman–Crippen LogP) is 1.76. The molecule has 4 nitrogen and oxygen atoms in total. The standard InChI is InChI=1S/C12H13ClFNO3/c1-17-12(16)11-5-8(6-15-11)18-7-2-3-10(14)9(13)4-7/h2-4,8,11,15H,5-6H2,1H3/t8-,11-/m1/s1. The van der Waals surface area contributed by atoms with Crippen LogP contribution in [-0.4, -0.2) is 31.8 Å². The van der Waals surface area contributed by atoms with E-state index in [1.807, 2.05) is 0 Å². The lowest BCUT2D eigenvalue weighted by atomic mass is 10.2. The highest BCUT2D eigenvalue weighted by Gasteiger charge is 2.31. The van der Waals surface area contributed by atoms with E-state index in [2.05, 4.69) is 10.1 Å². The zero-order chi connectivity index (χ0) is 13.1. The molecule has 0 bridgehead atoms. The SMILES string of the molecule is COC(=O)[C@H]1C[C@@H](Oc2ccc(F)c(Cl)c2)CN1. The van der Waals surface area contributed by atoms with E-state index in [0.717, 1.165) is 0 Å². The molecule has 1 aliphatic rings. The summed E-state index contributed by atoms with van der Waals surface area (Å²) in [5, 5.41) is 3.01. The van der Waals surface area contributed by atoms with Crippen molar-refractivity contribution in [2.45, 2.75) is 18.6 Å². The summed E-state index contributed by atoms with van der Waals surface area (Å²) in [5.41, 5.74) is 0. The Morgan fingerprint density at radius 3 is 3.00 bits per heavy atom. The molecule has 1 aromatic carbocycles. The van der Waals surface area contributed by atoms with E-state index in [0.29, 0.717) is 18.7 Å². The van der Waals surface area contributed by atoms with Crippen molar-refractivity contribution in [2.75, 3.05) is 13.7 Å². The van der Waals surface area contributed by atoms with Gasteiger partial charge in [-0.25, -0.2) is 4.39 Å². The summed E-state index contributed by atoms with van der Waals surface area (Å²) in [6.45, 7) is 0.536. The lowest BCUT2D eigenvalue weighted by Crippen LogP contribution is -2.31. The highest BCUT2D eigenvalue weighted by atomic mass is 35.5. The molecule has 1 aliphatic heterocycles. The molecule has 1 heterocycles. The van der Waals surface area contributed by atoms with Crippen LogP contribution in [0, 0.1) is 5.82 Å². The largest absolute Gasteiger partial charge is 0.489 e. The van der Waals surface area contributed by atoms with Crippen LogP contribution in [0.4, 0.5) is 4.39 Å². The molecule has 0 spiro atoms. The maximum absolute atomic E-state index is 13.0. The minimum absolute atomic E-state index is 0.0166. The van der Waals surface area contributed by atoms with E-state index in [-0.39, 0.29) is 23.1 Å². The summed E-state index contributed by atoms with van der Waals surface area (Å²) < 4.78 is 23.2. The van der Waals surface area contributed by atoms with E-state index >= 15 is 0 Å². The number of esters is 1. The van der Waals surface area contributed by atoms with E-state index in [4.69, 9.17) is 16.3 Å². The number of methoxy groups -OCH3 is 1. The minimum atomic E-state index is -0.485. The van der Waals surface area contributed by atoms with Gasteiger partial charge in [-0.2, -0.15) is 0 Å². The second-order valence-corrected chi connectivity index (χ2v) is 4.44. The zero-order valence-electron chi connectivity index (χ0n) is 9.78. The number of hydrogen-bond acceptors (Lipinski definition) is 4. The van der Waals surface area contributed by atoms with Gasteiger partial charge < -0.3 is 14.8 Å². The van der Waals surface area contributed by atoms with Crippen molar-refractivity contribution in [3.05, 3.63) is 29.0 Å². The van der Waals surface area contributed by atoms with E-state index < -0.39 is 5.82 Å². The summed E-state index contributed by atoms with van der Waals surface area (Å²) in [7, 11) is 1.35. The Labute approximate surface area is 109 Å². The number of carbonyl (C=O) groups is 1. The van der Waals surface area contributed by atoms with Gasteiger partial charge >= 0.3 is 5.97 Å². The molecular weight excluding hydrogens is 261 g/mol. The predicted molar refractivity (Wildman–Crippen MR) is 64.2 cm³/mol. The molecule has 1 aromatic rings. The number of hydrogen-bond donors (Lipinski definition) is 1. The average Bonchev–Trinajstić information content (AvgIpc) is 2.81. The Morgan fingerprint density at radius 1 is 1.56 bits per heavy atom. The van der Waals surface area contributed by atoms with Crippen LogP contribution in [0.25, 0.3) is 0 Å². The van der Waals surface area contributed by atoms with Crippen LogP contribution in [0.1, 0.15) is 6.42 Å². The summed E-state index contributed by atoms with van der Waals surface area (Å²) in [6.07, 6.45) is 0.359. The fraction of sp³-hybridized carbons (Fsp3) is 0.417. The first-order chi connectivity index (χ1) is 8.60. The smallest absolute Gasteiger partial charge is 0.323 e. The van der Waals surface area contributed by atoms with Crippen LogP contribution < -0.4 is 10.1 Å². The van der Waals surface area contributed by atoms with Gasteiger partial charge in [-0.15, -0.1) is 0 Å².